The Morgan fingerprint density at radius 3 is 2.88 bits per heavy atom. The molecule has 1 aliphatic heterocycles. The van der Waals surface area contributed by atoms with Gasteiger partial charge >= 0.3 is 0 Å². The molecule has 0 aliphatic carbocycles. The maximum Gasteiger partial charge on any atom is 0.274 e. The van der Waals surface area contributed by atoms with Crippen LogP contribution in [0.5, 0.6) is 0 Å². The molecule has 2 rings (SSSR count). The van der Waals surface area contributed by atoms with Gasteiger partial charge in [0.25, 0.3) is 5.91 Å². The zero-order chi connectivity index (χ0) is 11.7. The van der Waals surface area contributed by atoms with E-state index in [0.717, 1.165) is 5.69 Å². The smallest absolute Gasteiger partial charge is 0.274 e. The van der Waals surface area contributed by atoms with Crippen LogP contribution in [0.1, 0.15) is 16.2 Å². The van der Waals surface area contributed by atoms with Crippen molar-refractivity contribution in [2.24, 2.45) is 0 Å². The second-order valence-corrected chi connectivity index (χ2v) is 4.15. The Balaban J connectivity index is 2.10. The van der Waals surface area contributed by atoms with E-state index < -0.39 is 6.10 Å². The first-order chi connectivity index (χ1) is 7.59. The molecule has 16 heavy (non-hydrogen) atoms. The average molecular weight is 224 g/mol. The van der Waals surface area contributed by atoms with Crippen molar-refractivity contribution in [1.82, 2.24) is 20.4 Å². The molecule has 6 nitrogen and oxygen atoms in total. The molecule has 1 saturated heterocycles. The van der Waals surface area contributed by atoms with Gasteiger partial charge in [0.2, 0.25) is 0 Å². The highest BCUT2D eigenvalue weighted by molar-refractivity contribution is 5.92. The first-order valence-corrected chi connectivity index (χ1v) is 5.27. The first kappa shape index (κ1) is 11.1. The maximum absolute atomic E-state index is 12.0. The van der Waals surface area contributed by atoms with Crippen LogP contribution in [0.25, 0.3) is 0 Å². The molecule has 0 spiro atoms. The molecule has 3 N–H and O–H groups in total. The molecule has 0 bridgehead atoms. The van der Waals surface area contributed by atoms with Crippen LogP contribution in [0, 0.1) is 6.92 Å². The maximum atomic E-state index is 12.0. The number of aromatic amines is 1. The van der Waals surface area contributed by atoms with Gasteiger partial charge in [-0.3, -0.25) is 9.89 Å². The lowest BCUT2D eigenvalue weighted by Crippen LogP contribution is -2.44. The third kappa shape index (κ3) is 1.94. The quantitative estimate of drug-likeness (QED) is 0.609. The Kier molecular flexibility index (Phi) is 2.93. The van der Waals surface area contributed by atoms with Crippen LogP contribution in [0.15, 0.2) is 6.07 Å². The number of nitrogens with one attached hydrogen (secondary N) is 2. The minimum Gasteiger partial charge on any atom is -0.390 e. The van der Waals surface area contributed by atoms with E-state index in [1.165, 1.54) is 0 Å². The van der Waals surface area contributed by atoms with Crippen molar-refractivity contribution < 1.29 is 9.90 Å². The average Bonchev–Trinajstić information content (AvgIpc) is 2.85. The highest BCUT2D eigenvalue weighted by atomic mass is 16.3. The largest absolute Gasteiger partial charge is 0.390 e. The van der Waals surface area contributed by atoms with Crippen LogP contribution >= 0.6 is 0 Å². The lowest BCUT2D eigenvalue weighted by Gasteiger charge is -2.25. The van der Waals surface area contributed by atoms with Gasteiger partial charge in [-0.15, -0.1) is 0 Å². The van der Waals surface area contributed by atoms with Gasteiger partial charge in [-0.1, -0.05) is 0 Å². The van der Waals surface area contributed by atoms with Crippen LogP contribution in [0.4, 0.5) is 0 Å². The monoisotopic (exact) mass is 224 g/mol. The number of carbonyl (C=O) groups is 1. The summed E-state index contributed by atoms with van der Waals surface area (Å²) in [6, 6.07) is 1.53. The molecule has 6 heteroatoms. The fraction of sp³-hybridized carbons (Fsp3) is 0.600. The number of H-pyrrole nitrogens is 1. The molecule has 1 fully saturated rings. The van der Waals surface area contributed by atoms with Crippen molar-refractivity contribution in [3.05, 3.63) is 17.5 Å². The molecule has 1 aromatic rings. The lowest BCUT2D eigenvalue weighted by atomic mass is 10.2. The molecule has 0 aromatic carbocycles. The van der Waals surface area contributed by atoms with Gasteiger partial charge in [-0.2, -0.15) is 5.10 Å². The van der Waals surface area contributed by atoms with E-state index in [-0.39, 0.29) is 11.9 Å². The van der Waals surface area contributed by atoms with Crippen LogP contribution in [0.3, 0.4) is 0 Å². The van der Waals surface area contributed by atoms with E-state index >= 15 is 0 Å². The van der Waals surface area contributed by atoms with Crippen molar-refractivity contribution >= 4 is 5.91 Å². The van der Waals surface area contributed by atoms with Gasteiger partial charge in [0, 0.05) is 25.8 Å². The van der Waals surface area contributed by atoms with Crippen molar-refractivity contribution in [2.75, 3.05) is 20.1 Å². The number of aliphatic hydroxyl groups is 1. The zero-order valence-electron chi connectivity index (χ0n) is 9.40. The van der Waals surface area contributed by atoms with Crippen LogP contribution in [-0.4, -0.2) is 58.4 Å². The Morgan fingerprint density at radius 1 is 1.62 bits per heavy atom. The number of aromatic nitrogens is 2. The van der Waals surface area contributed by atoms with Crippen molar-refractivity contribution in [1.29, 1.82) is 0 Å². The number of carbonyl (C=O) groups excluding carboxylic acids is 1. The normalized spacial score (nSPS) is 24.7. The molecular weight excluding hydrogens is 208 g/mol. The number of likely N-dealkylation sites (N-methyl/N-ethyl adjacent to an activating group) is 1. The predicted octanol–water partition coefficient (Wildman–Crippen LogP) is -0.877. The number of β-amino-alcohol motifs (C(OH)–C–C–N with tert-alkyl or cyclic N) is 1. The van der Waals surface area contributed by atoms with Crippen molar-refractivity contribution in [2.45, 2.75) is 19.1 Å². The molecule has 1 aliphatic rings. The van der Waals surface area contributed by atoms with Gasteiger partial charge in [0.05, 0.1) is 12.1 Å². The van der Waals surface area contributed by atoms with Gasteiger partial charge < -0.3 is 15.3 Å². The summed E-state index contributed by atoms with van der Waals surface area (Å²) in [5.74, 6) is -0.169. The summed E-state index contributed by atoms with van der Waals surface area (Å²) in [4.78, 5) is 13.5. The number of aryl methyl sites for hydroxylation is 1. The molecular formula is C10H16N4O2. The number of rotatable bonds is 2. The van der Waals surface area contributed by atoms with E-state index in [4.69, 9.17) is 0 Å². The third-order valence-corrected chi connectivity index (χ3v) is 2.89. The van der Waals surface area contributed by atoms with Crippen molar-refractivity contribution in [3.8, 4) is 0 Å². The molecule has 1 aromatic heterocycles. The summed E-state index contributed by atoms with van der Waals surface area (Å²) >= 11 is 0. The molecule has 2 atom stereocenters. The number of amides is 1. The highest BCUT2D eigenvalue weighted by Crippen LogP contribution is 2.11. The number of aliphatic hydroxyl groups excluding tert-OH is 1. The van der Waals surface area contributed by atoms with Gasteiger partial charge in [0.1, 0.15) is 5.69 Å². The predicted molar refractivity (Wildman–Crippen MR) is 58.1 cm³/mol. The summed E-state index contributed by atoms with van der Waals surface area (Å²) in [7, 11) is 1.69. The minimum absolute atomic E-state index is 0.169. The first-order valence-electron chi connectivity index (χ1n) is 5.27. The summed E-state index contributed by atoms with van der Waals surface area (Å²) in [6.07, 6.45) is -0.506. The van der Waals surface area contributed by atoms with E-state index in [2.05, 4.69) is 15.5 Å². The van der Waals surface area contributed by atoms with E-state index in [1.54, 1.807) is 18.0 Å². The molecule has 0 radical (unpaired) electrons. The van der Waals surface area contributed by atoms with Crippen molar-refractivity contribution in [3.63, 3.8) is 0 Å². The van der Waals surface area contributed by atoms with E-state index in [0.29, 0.717) is 18.8 Å². The lowest BCUT2D eigenvalue weighted by molar-refractivity contribution is 0.0576. The zero-order valence-corrected chi connectivity index (χ0v) is 9.40. The van der Waals surface area contributed by atoms with Gasteiger partial charge in [0.15, 0.2) is 0 Å². The van der Waals surface area contributed by atoms with Gasteiger partial charge in [-0.25, -0.2) is 0 Å². The number of hydrogen-bond donors (Lipinski definition) is 3. The van der Waals surface area contributed by atoms with Crippen LogP contribution < -0.4 is 5.32 Å². The Bertz CT molecular complexity index is 390. The highest BCUT2D eigenvalue weighted by Gasteiger charge is 2.32. The topological polar surface area (TPSA) is 81.2 Å². The molecule has 0 saturated carbocycles. The Labute approximate surface area is 93.6 Å². The Hall–Kier alpha value is -1.40. The molecule has 2 heterocycles. The molecule has 0 unspecified atom stereocenters. The van der Waals surface area contributed by atoms with E-state index in [1.807, 2.05) is 6.92 Å². The summed E-state index contributed by atoms with van der Waals surface area (Å²) in [5.41, 5.74) is 1.24. The Morgan fingerprint density at radius 2 is 2.38 bits per heavy atom. The summed E-state index contributed by atoms with van der Waals surface area (Å²) < 4.78 is 0. The standard InChI is InChI=1S/C10H16N4O2/c1-6-3-7(13-12-6)10(16)14(2)8-4-11-5-9(8)15/h3,8-9,11,15H,4-5H2,1-2H3,(H,12,13)/t8-,9-/m1/s1. The van der Waals surface area contributed by atoms with E-state index in [9.17, 15) is 9.90 Å². The minimum atomic E-state index is -0.506. The molecule has 88 valence electrons. The number of hydrogen-bond acceptors (Lipinski definition) is 4. The third-order valence-electron chi connectivity index (χ3n) is 2.89. The summed E-state index contributed by atoms with van der Waals surface area (Å²) in [6.45, 7) is 2.99. The SMILES string of the molecule is Cc1cc(C(=O)N(C)[C@@H]2CNC[C@H]2O)n[nH]1. The molecule has 1 amide bonds. The number of nitrogens with zero attached hydrogens (tertiary/aromatic N) is 2. The van der Waals surface area contributed by atoms with Crippen LogP contribution in [0.2, 0.25) is 0 Å². The summed E-state index contributed by atoms with van der Waals surface area (Å²) in [5, 5.41) is 19.4. The second-order valence-electron chi connectivity index (χ2n) is 4.15. The second kappa shape index (κ2) is 4.23. The fourth-order valence-electron chi connectivity index (χ4n) is 1.91. The fourth-order valence-corrected chi connectivity index (χ4v) is 1.91. The van der Waals surface area contributed by atoms with Gasteiger partial charge in [-0.05, 0) is 13.0 Å². The van der Waals surface area contributed by atoms with Crippen LogP contribution in [-0.2, 0) is 0 Å².